The van der Waals surface area contributed by atoms with Crippen LogP contribution in [0.3, 0.4) is 0 Å². The minimum Gasteiger partial charge on any atom is -0.481 e. The van der Waals surface area contributed by atoms with Crippen LogP contribution in [-0.2, 0) is 6.42 Å². The number of aromatic nitrogens is 2. The van der Waals surface area contributed by atoms with Crippen molar-refractivity contribution in [3.63, 3.8) is 0 Å². The summed E-state index contributed by atoms with van der Waals surface area (Å²) in [5.74, 6) is 0.681. The summed E-state index contributed by atoms with van der Waals surface area (Å²) in [5, 5.41) is 6.57. The molecule has 2 aromatic rings. The van der Waals surface area contributed by atoms with Crippen molar-refractivity contribution < 1.29 is 4.74 Å². The highest BCUT2D eigenvalue weighted by Gasteiger charge is 2.17. The zero-order valence-electron chi connectivity index (χ0n) is 10.6. The molecule has 1 unspecified atom stereocenters. The third-order valence-electron chi connectivity index (χ3n) is 2.68. The first kappa shape index (κ1) is 13.0. The van der Waals surface area contributed by atoms with Gasteiger partial charge in [0, 0.05) is 35.8 Å². The number of likely N-dealkylation sites (N-methyl/N-ethyl adjacent to an activating group) is 1. The van der Waals surface area contributed by atoms with Crippen molar-refractivity contribution in [3.05, 3.63) is 40.5 Å². The van der Waals surface area contributed by atoms with E-state index in [9.17, 15) is 0 Å². The maximum atomic E-state index is 5.32. The molecule has 0 aliphatic heterocycles. The van der Waals surface area contributed by atoms with Crippen molar-refractivity contribution in [2.75, 3.05) is 13.7 Å². The number of nitrogens with zero attached hydrogens (tertiary/aromatic N) is 2. The Morgan fingerprint density at radius 3 is 2.94 bits per heavy atom. The quantitative estimate of drug-likeness (QED) is 0.869. The van der Waals surface area contributed by atoms with E-state index in [1.165, 1.54) is 0 Å². The molecule has 0 saturated heterocycles. The highest BCUT2D eigenvalue weighted by atomic mass is 32.1. The van der Waals surface area contributed by atoms with Crippen LogP contribution in [0, 0.1) is 0 Å². The second-order valence-corrected chi connectivity index (χ2v) is 4.82. The molecule has 4 nitrogen and oxygen atoms in total. The van der Waals surface area contributed by atoms with Gasteiger partial charge in [0.05, 0.1) is 12.1 Å². The van der Waals surface area contributed by atoms with Gasteiger partial charge in [-0.3, -0.25) is 0 Å². The van der Waals surface area contributed by atoms with Gasteiger partial charge in [0.25, 0.3) is 0 Å². The molecule has 0 amide bonds. The molecule has 18 heavy (non-hydrogen) atoms. The predicted octanol–water partition coefficient (Wildman–Crippen LogP) is 2.44. The molecule has 2 rings (SSSR count). The normalized spacial score (nSPS) is 12.3. The van der Waals surface area contributed by atoms with E-state index in [0.29, 0.717) is 5.88 Å². The summed E-state index contributed by atoms with van der Waals surface area (Å²) >= 11 is 1.67. The molecule has 1 atom stereocenters. The fraction of sp³-hybridized carbons (Fsp3) is 0.385. The molecule has 96 valence electrons. The Hall–Kier alpha value is -1.46. The summed E-state index contributed by atoms with van der Waals surface area (Å²) in [5.41, 5.74) is 1.08. The van der Waals surface area contributed by atoms with Crippen molar-refractivity contribution in [3.8, 4) is 5.88 Å². The average molecular weight is 263 g/mol. The summed E-state index contributed by atoms with van der Waals surface area (Å²) in [6.07, 6.45) is 4.44. The Kier molecular flexibility index (Phi) is 4.66. The van der Waals surface area contributed by atoms with Crippen molar-refractivity contribution in [1.82, 2.24) is 15.3 Å². The van der Waals surface area contributed by atoms with Crippen molar-refractivity contribution >= 4 is 11.3 Å². The van der Waals surface area contributed by atoms with Gasteiger partial charge < -0.3 is 10.1 Å². The van der Waals surface area contributed by atoms with Gasteiger partial charge in [0.15, 0.2) is 0 Å². The van der Waals surface area contributed by atoms with E-state index in [0.717, 1.165) is 23.5 Å². The van der Waals surface area contributed by atoms with Crippen LogP contribution in [0.4, 0.5) is 0 Å². The van der Waals surface area contributed by atoms with Crippen LogP contribution < -0.4 is 10.1 Å². The Morgan fingerprint density at radius 2 is 2.28 bits per heavy atom. The lowest BCUT2D eigenvalue weighted by molar-refractivity contribution is 0.382. The van der Waals surface area contributed by atoms with E-state index in [1.54, 1.807) is 24.6 Å². The molecule has 0 aliphatic rings. The number of nitrogens with one attached hydrogen (secondary N) is 1. The van der Waals surface area contributed by atoms with Crippen molar-refractivity contribution in [2.24, 2.45) is 0 Å². The molecular weight excluding hydrogens is 246 g/mol. The fourth-order valence-electron chi connectivity index (χ4n) is 1.91. The van der Waals surface area contributed by atoms with Crippen molar-refractivity contribution in [1.29, 1.82) is 0 Å². The van der Waals surface area contributed by atoms with E-state index in [1.807, 2.05) is 23.7 Å². The number of hydrogen-bond acceptors (Lipinski definition) is 5. The Labute approximate surface area is 111 Å². The number of thiazole rings is 1. The molecule has 0 saturated carbocycles. The first-order valence-electron chi connectivity index (χ1n) is 5.95. The van der Waals surface area contributed by atoms with Crippen molar-refractivity contribution in [2.45, 2.75) is 19.4 Å². The summed E-state index contributed by atoms with van der Waals surface area (Å²) in [6, 6.07) is 4.17. The lowest BCUT2D eigenvalue weighted by Crippen LogP contribution is -2.23. The first-order valence-corrected chi connectivity index (χ1v) is 6.83. The molecule has 1 N–H and O–H groups in total. The lowest BCUT2D eigenvalue weighted by atomic mass is 10.1. The second kappa shape index (κ2) is 6.47. The van der Waals surface area contributed by atoms with Crippen LogP contribution in [0.1, 0.15) is 23.5 Å². The third kappa shape index (κ3) is 3.05. The number of methoxy groups -OCH3 is 1. The van der Waals surface area contributed by atoms with Crippen LogP contribution in [0.2, 0.25) is 0 Å². The van der Waals surface area contributed by atoms with Crippen LogP contribution in [0.25, 0.3) is 0 Å². The van der Waals surface area contributed by atoms with Gasteiger partial charge in [-0.2, -0.15) is 0 Å². The standard InChI is InChI=1S/C13H17N3OS/c1-3-14-11(9-12-15-7-8-18-12)10-5-4-6-16-13(10)17-2/h4-8,11,14H,3,9H2,1-2H3. The minimum absolute atomic E-state index is 0.185. The molecule has 0 aromatic carbocycles. The van der Waals surface area contributed by atoms with Gasteiger partial charge in [-0.15, -0.1) is 11.3 Å². The fourth-order valence-corrected chi connectivity index (χ4v) is 2.57. The third-order valence-corrected chi connectivity index (χ3v) is 3.48. The molecule has 0 spiro atoms. The van der Waals surface area contributed by atoms with Gasteiger partial charge >= 0.3 is 0 Å². The molecule has 2 heterocycles. The molecular formula is C13H17N3OS. The number of ether oxygens (including phenoxy) is 1. The van der Waals surface area contributed by atoms with Gasteiger partial charge in [0.1, 0.15) is 0 Å². The SMILES string of the molecule is CCNC(Cc1nccs1)c1cccnc1OC. The monoisotopic (exact) mass is 263 g/mol. The predicted molar refractivity (Wildman–Crippen MR) is 73.0 cm³/mol. The minimum atomic E-state index is 0.185. The Balaban J connectivity index is 2.23. The number of pyridine rings is 1. The molecule has 0 radical (unpaired) electrons. The van der Waals surface area contributed by atoms with Crippen LogP contribution in [0.5, 0.6) is 5.88 Å². The average Bonchev–Trinajstić information content (AvgIpc) is 2.91. The van der Waals surface area contributed by atoms with Gasteiger partial charge in [-0.25, -0.2) is 9.97 Å². The molecule has 5 heteroatoms. The highest BCUT2D eigenvalue weighted by Crippen LogP contribution is 2.25. The maximum absolute atomic E-state index is 5.32. The van der Waals surface area contributed by atoms with Crippen LogP contribution in [0.15, 0.2) is 29.9 Å². The van der Waals surface area contributed by atoms with E-state index >= 15 is 0 Å². The zero-order chi connectivity index (χ0) is 12.8. The molecule has 2 aromatic heterocycles. The second-order valence-electron chi connectivity index (χ2n) is 3.84. The summed E-state index contributed by atoms with van der Waals surface area (Å²) in [6.45, 7) is 2.99. The molecule has 0 fully saturated rings. The number of hydrogen-bond donors (Lipinski definition) is 1. The van der Waals surface area contributed by atoms with E-state index in [2.05, 4.69) is 22.2 Å². The largest absolute Gasteiger partial charge is 0.481 e. The summed E-state index contributed by atoms with van der Waals surface area (Å²) < 4.78 is 5.32. The Morgan fingerprint density at radius 1 is 1.39 bits per heavy atom. The van der Waals surface area contributed by atoms with Gasteiger partial charge in [0.2, 0.25) is 5.88 Å². The summed E-state index contributed by atoms with van der Waals surface area (Å²) in [7, 11) is 1.65. The molecule has 0 bridgehead atoms. The van der Waals surface area contributed by atoms with E-state index in [-0.39, 0.29) is 6.04 Å². The van der Waals surface area contributed by atoms with E-state index in [4.69, 9.17) is 4.74 Å². The van der Waals surface area contributed by atoms with Gasteiger partial charge in [-0.05, 0) is 12.6 Å². The first-order chi connectivity index (χ1) is 8.85. The lowest BCUT2D eigenvalue weighted by Gasteiger charge is -2.18. The van der Waals surface area contributed by atoms with Crippen LogP contribution in [-0.4, -0.2) is 23.6 Å². The highest BCUT2D eigenvalue weighted by molar-refractivity contribution is 7.09. The maximum Gasteiger partial charge on any atom is 0.217 e. The Bertz CT molecular complexity index is 473. The zero-order valence-corrected chi connectivity index (χ0v) is 11.4. The number of rotatable bonds is 6. The van der Waals surface area contributed by atoms with Crippen LogP contribution >= 0.6 is 11.3 Å². The smallest absolute Gasteiger partial charge is 0.217 e. The topological polar surface area (TPSA) is 47.0 Å². The molecule has 0 aliphatic carbocycles. The summed E-state index contributed by atoms with van der Waals surface area (Å²) in [4.78, 5) is 8.59. The van der Waals surface area contributed by atoms with Gasteiger partial charge in [-0.1, -0.05) is 13.0 Å². The van der Waals surface area contributed by atoms with E-state index < -0.39 is 0 Å².